The Morgan fingerprint density at radius 2 is 1.24 bits per heavy atom. The molecular formula is C43H75FO6S. The van der Waals surface area contributed by atoms with Gasteiger partial charge < -0.3 is 19.6 Å². The molecule has 2 aliphatic carbocycles. The normalized spacial score (nSPS) is 22.3. The summed E-state index contributed by atoms with van der Waals surface area (Å²) in [4.78, 5) is 20.2. The molecule has 0 heterocycles. The Hall–Kier alpha value is -1.37. The summed E-state index contributed by atoms with van der Waals surface area (Å²) >= 11 is 0. The minimum Gasteiger partial charge on any atom is -0.396 e. The molecule has 8 heteroatoms. The maximum absolute atomic E-state index is 14.3. The van der Waals surface area contributed by atoms with Gasteiger partial charge in [0.25, 0.3) is 0 Å². The van der Waals surface area contributed by atoms with Crippen molar-refractivity contribution in [1.82, 2.24) is 0 Å². The Labute approximate surface area is 314 Å². The van der Waals surface area contributed by atoms with Gasteiger partial charge in [-0.2, -0.15) is 20.3 Å². The van der Waals surface area contributed by atoms with Gasteiger partial charge in [0.05, 0.1) is 19.3 Å². The van der Waals surface area contributed by atoms with Gasteiger partial charge in [0.15, 0.2) is 12.5 Å². The average molecular weight is 739 g/mol. The molecule has 0 aromatic rings. The van der Waals surface area contributed by atoms with Crippen molar-refractivity contribution in [1.29, 1.82) is 0 Å². The Morgan fingerprint density at radius 3 is 1.88 bits per heavy atom. The molecule has 0 saturated heterocycles. The summed E-state index contributed by atoms with van der Waals surface area (Å²) in [5, 5.41) is 8.99. The minimum absolute atomic E-state index is 0.251. The van der Waals surface area contributed by atoms with E-state index in [1.807, 2.05) is 0 Å². The van der Waals surface area contributed by atoms with E-state index < -0.39 is 6.17 Å². The van der Waals surface area contributed by atoms with Crippen LogP contribution in [0.3, 0.4) is 0 Å². The predicted molar refractivity (Wildman–Crippen MR) is 212 cm³/mol. The van der Waals surface area contributed by atoms with Gasteiger partial charge in [-0.3, -0.25) is 0 Å². The van der Waals surface area contributed by atoms with Crippen LogP contribution in [-0.2, 0) is 24.3 Å². The van der Waals surface area contributed by atoms with E-state index in [0.29, 0.717) is 43.5 Å². The van der Waals surface area contributed by atoms with Crippen molar-refractivity contribution in [3.8, 4) is 0 Å². The first-order valence-corrected chi connectivity index (χ1v) is 22.4. The Bertz CT molecular complexity index is 943. The summed E-state index contributed by atoms with van der Waals surface area (Å²) in [7, 11) is 0.251. The maximum atomic E-state index is 14.3. The van der Waals surface area contributed by atoms with Gasteiger partial charge in [0.2, 0.25) is 0 Å². The molecule has 0 bridgehead atoms. The van der Waals surface area contributed by atoms with Crippen molar-refractivity contribution < 1.29 is 33.8 Å². The number of hydrogen-bond donors (Lipinski definition) is 1. The topological polar surface area (TPSA) is 66.4 Å². The minimum atomic E-state index is -0.584. The number of aliphatic hydroxyl groups excluding tert-OH is 1. The molecule has 0 aromatic heterocycles. The fraction of sp³-hybridized carbons (Fsp3) is 0.837. The molecule has 0 aromatic carbocycles. The first-order valence-electron chi connectivity index (χ1n) is 20.7. The van der Waals surface area contributed by atoms with E-state index in [0.717, 1.165) is 90.1 Å². The van der Waals surface area contributed by atoms with Crippen LogP contribution in [0.5, 0.6) is 0 Å². The van der Waals surface area contributed by atoms with Crippen LogP contribution >= 0.6 is 10.5 Å². The van der Waals surface area contributed by atoms with Crippen LogP contribution in [0.2, 0.25) is 0 Å². The number of unbranched alkanes of at least 4 members (excludes halogenated alkanes) is 10. The van der Waals surface area contributed by atoms with Gasteiger partial charge in [-0.15, -0.1) is 0 Å². The lowest BCUT2D eigenvalue weighted by atomic mass is 9.66. The van der Waals surface area contributed by atoms with E-state index in [4.69, 9.17) is 29.4 Å². The standard InChI is InChI=1S/C43H75FO6S/c1-4-30-47-49-33-16-8-6-13-24-43(46-32-15-11-19-36-51(3)35-18-9-7-14-29-45)42(23-12-10-17-34-50-48-31-5-2)39-27-25-38(26-28-39)40-21-20-22-41(44)37-40/h30-31,38-43,45H,1-3,6-29,32-37H2. The second-order valence-corrected chi connectivity index (χ2v) is 17.1. The van der Waals surface area contributed by atoms with Crippen molar-refractivity contribution in [2.24, 2.45) is 23.7 Å². The van der Waals surface area contributed by atoms with E-state index in [1.165, 1.54) is 94.7 Å². The zero-order chi connectivity index (χ0) is 36.6. The molecule has 2 rings (SSSR count). The molecule has 2 saturated carbocycles. The molecule has 1 N–H and O–H groups in total. The van der Waals surface area contributed by atoms with Crippen LogP contribution in [0.25, 0.3) is 0 Å². The average Bonchev–Trinajstić information content (AvgIpc) is 3.14. The SMILES string of the molecule is C=C=COOCCCCCCC(OCCCCCS(=C)CCCCCCO)C(CCCCCOOC=C=C)C1CCC(C2CCCC(F)C2)CC1. The summed E-state index contributed by atoms with van der Waals surface area (Å²) in [5.41, 5.74) is 5.11. The van der Waals surface area contributed by atoms with Crippen LogP contribution in [0.1, 0.15) is 154 Å². The summed E-state index contributed by atoms with van der Waals surface area (Å²) in [6.07, 6.45) is 29.2. The highest BCUT2D eigenvalue weighted by Crippen LogP contribution is 2.44. The molecule has 0 amide bonds. The summed E-state index contributed by atoms with van der Waals surface area (Å²) in [6.45, 7) is 9.27. The summed E-state index contributed by atoms with van der Waals surface area (Å²) < 4.78 is 21.2. The Morgan fingerprint density at radius 1 is 0.667 bits per heavy atom. The van der Waals surface area contributed by atoms with E-state index in [1.54, 1.807) is 0 Å². The van der Waals surface area contributed by atoms with Crippen molar-refractivity contribution in [3.05, 3.63) is 37.1 Å². The number of aliphatic hydroxyl groups is 1. The molecule has 0 aliphatic heterocycles. The fourth-order valence-electron chi connectivity index (χ4n) is 8.29. The molecule has 5 unspecified atom stereocenters. The molecule has 0 radical (unpaired) electrons. The number of halogens is 1. The first-order chi connectivity index (χ1) is 25.1. The summed E-state index contributed by atoms with van der Waals surface area (Å²) in [5.74, 6) is 9.41. The molecule has 5 atom stereocenters. The number of rotatable bonds is 33. The highest BCUT2D eigenvalue weighted by atomic mass is 32.2. The highest BCUT2D eigenvalue weighted by Gasteiger charge is 2.36. The van der Waals surface area contributed by atoms with E-state index in [2.05, 4.69) is 30.5 Å². The van der Waals surface area contributed by atoms with E-state index in [9.17, 15) is 4.39 Å². The third kappa shape index (κ3) is 23.1. The predicted octanol–water partition coefficient (Wildman–Crippen LogP) is 11.8. The number of hydrogen-bond acceptors (Lipinski definition) is 6. The fourth-order valence-corrected chi connectivity index (χ4v) is 9.72. The van der Waals surface area contributed by atoms with Gasteiger partial charge in [-0.1, -0.05) is 88.3 Å². The number of alkyl halides is 1. The number of ether oxygens (including phenoxy) is 1. The largest absolute Gasteiger partial charge is 0.396 e. The second kappa shape index (κ2) is 32.1. The van der Waals surface area contributed by atoms with Gasteiger partial charge in [0, 0.05) is 13.2 Å². The van der Waals surface area contributed by atoms with Crippen molar-refractivity contribution in [3.63, 3.8) is 0 Å². The van der Waals surface area contributed by atoms with Gasteiger partial charge in [-0.05, 0) is 131 Å². The lowest BCUT2D eigenvalue weighted by molar-refractivity contribution is -0.248. The zero-order valence-electron chi connectivity index (χ0n) is 32.2. The maximum Gasteiger partial charge on any atom is 0.171 e. The molecule has 296 valence electrons. The Balaban J connectivity index is 1.93. The van der Waals surface area contributed by atoms with Gasteiger partial charge in [-0.25, -0.2) is 4.39 Å². The van der Waals surface area contributed by atoms with Crippen molar-refractivity contribution in [2.75, 3.05) is 37.9 Å². The zero-order valence-corrected chi connectivity index (χ0v) is 33.0. The highest BCUT2D eigenvalue weighted by molar-refractivity contribution is 8.14. The molecule has 0 spiro atoms. The lowest BCUT2D eigenvalue weighted by Crippen LogP contribution is -2.35. The van der Waals surface area contributed by atoms with E-state index in [-0.39, 0.29) is 16.6 Å². The molecule has 51 heavy (non-hydrogen) atoms. The van der Waals surface area contributed by atoms with Crippen LogP contribution in [0.15, 0.2) is 37.1 Å². The molecular weight excluding hydrogens is 664 g/mol. The third-order valence-corrected chi connectivity index (χ3v) is 12.8. The lowest BCUT2D eigenvalue weighted by Gasteiger charge is -2.41. The molecule has 2 aliphatic rings. The molecule has 2 fully saturated rings. The third-order valence-electron chi connectivity index (χ3n) is 11.1. The van der Waals surface area contributed by atoms with Gasteiger partial charge >= 0.3 is 0 Å². The van der Waals surface area contributed by atoms with Crippen LogP contribution < -0.4 is 0 Å². The quantitative estimate of drug-likeness (QED) is 0.0181. The van der Waals surface area contributed by atoms with Crippen molar-refractivity contribution in [2.45, 2.75) is 166 Å². The van der Waals surface area contributed by atoms with Crippen LogP contribution in [0.4, 0.5) is 4.39 Å². The van der Waals surface area contributed by atoms with Crippen LogP contribution in [-0.4, -0.2) is 61.2 Å². The molecule has 6 nitrogen and oxygen atoms in total. The van der Waals surface area contributed by atoms with E-state index >= 15 is 0 Å². The monoisotopic (exact) mass is 739 g/mol. The second-order valence-electron chi connectivity index (χ2n) is 15.0. The Kier molecular flexibility index (Phi) is 28.8. The van der Waals surface area contributed by atoms with Crippen molar-refractivity contribution >= 4 is 16.4 Å². The van der Waals surface area contributed by atoms with Crippen LogP contribution in [0, 0.1) is 23.7 Å². The first kappa shape index (κ1) is 45.8. The summed E-state index contributed by atoms with van der Waals surface area (Å²) in [6, 6.07) is 0. The van der Waals surface area contributed by atoms with Gasteiger partial charge in [0.1, 0.15) is 6.17 Å². The smallest absolute Gasteiger partial charge is 0.171 e.